The Labute approximate surface area is 128 Å². The Morgan fingerprint density at radius 2 is 2.29 bits per heavy atom. The minimum Gasteiger partial charge on any atom is -0.325 e. The van der Waals surface area contributed by atoms with Crippen molar-refractivity contribution >= 4 is 23.2 Å². The van der Waals surface area contributed by atoms with Crippen LogP contribution < -0.4 is 11.1 Å². The van der Waals surface area contributed by atoms with Crippen molar-refractivity contribution in [3.63, 3.8) is 0 Å². The molecule has 1 heterocycles. The van der Waals surface area contributed by atoms with Gasteiger partial charge in [-0.15, -0.1) is 0 Å². The number of nitrogens with two attached hydrogens (primary N) is 1. The van der Waals surface area contributed by atoms with Crippen LogP contribution in [0, 0.1) is 0 Å². The van der Waals surface area contributed by atoms with Crippen LogP contribution >= 0.6 is 11.6 Å². The van der Waals surface area contributed by atoms with Crippen molar-refractivity contribution in [1.82, 2.24) is 9.78 Å². The summed E-state index contributed by atoms with van der Waals surface area (Å²) in [6.07, 6.45) is 6.74. The maximum Gasteiger partial charge on any atom is 0.226 e. The zero-order chi connectivity index (χ0) is 14.9. The lowest BCUT2D eigenvalue weighted by Gasteiger charge is -2.37. The number of hydrogen-bond acceptors (Lipinski definition) is 3. The van der Waals surface area contributed by atoms with Crippen LogP contribution in [0.3, 0.4) is 0 Å². The molecule has 1 amide bonds. The van der Waals surface area contributed by atoms with Crippen molar-refractivity contribution in [2.75, 3.05) is 5.32 Å². The van der Waals surface area contributed by atoms with Crippen LogP contribution in [0.1, 0.15) is 25.7 Å². The molecule has 0 bridgehead atoms. The minimum absolute atomic E-state index is 0.0899. The van der Waals surface area contributed by atoms with Gasteiger partial charge in [-0.05, 0) is 43.5 Å². The molecule has 1 saturated carbocycles. The maximum absolute atomic E-state index is 12.2. The van der Waals surface area contributed by atoms with E-state index >= 15 is 0 Å². The molecule has 3 rings (SSSR count). The Morgan fingerprint density at radius 3 is 2.90 bits per heavy atom. The van der Waals surface area contributed by atoms with Crippen LogP contribution in [-0.4, -0.2) is 21.2 Å². The van der Waals surface area contributed by atoms with E-state index in [1.165, 1.54) is 0 Å². The molecule has 0 radical (unpaired) electrons. The largest absolute Gasteiger partial charge is 0.325 e. The fourth-order valence-electron chi connectivity index (χ4n) is 2.54. The van der Waals surface area contributed by atoms with E-state index in [1.54, 1.807) is 23.0 Å². The molecule has 1 aliphatic rings. The van der Waals surface area contributed by atoms with Gasteiger partial charge in [-0.25, -0.2) is 4.68 Å². The molecule has 1 aromatic carbocycles. The molecule has 0 spiro atoms. The zero-order valence-electron chi connectivity index (χ0n) is 11.6. The molecule has 1 aliphatic carbocycles. The monoisotopic (exact) mass is 304 g/mol. The highest BCUT2D eigenvalue weighted by Crippen LogP contribution is 2.33. The molecule has 5 nitrogen and oxygen atoms in total. The van der Waals surface area contributed by atoms with Crippen molar-refractivity contribution < 1.29 is 4.79 Å². The Kier molecular flexibility index (Phi) is 3.69. The molecule has 0 atom stereocenters. The first-order valence-corrected chi connectivity index (χ1v) is 7.32. The fourth-order valence-corrected chi connectivity index (χ4v) is 2.71. The van der Waals surface area contributed by atoms with Crippen molar-refractivity contribution in [2.45, 2.75) is 31.2 Å². The summed E-state index contributed by atoms with van der Waals surface area (Å²) in [5, 5.41) is 7.65. The highest BCUT2D eigenvalue weighted by atomic mass is 35.5. The number of rotatable bonds is 4. The molecule has 0 unspecified atom stereocenters. The number of nitrogens with zero attached hydrogens (tertiary/aromatic N) is 2. The number of nitrogens with one attached hydrogen (secondary N) is 1. The van der Waals surface area contributed by atoms with Crippen LogP contribution in [0.4, 0.5) is 5.69 Å². The molecule has 110 valence electrons. The van der Waals surface area contributed by atoms with Crippen LogP contribution in [0.25, 0.3) is 5.69 Å². The summed E-state index contributed by atoms with van der Waals surface area (Å²) in [6.45, 7) is 0. The molecular weight excluding hydrogens is 288 g/mol. The lowest BCUT2D eigenvalue weighted by atomic mass is 9.75. The predicted octanol–water partition coefficient (Wildman–Crippen LogP) is 2.74. The third kappa shape index (κ3) is 3.09. The van der Waals surface area contributed by atoms with E-state index in [0.717, 1.165) is 24.9 Å². The molecule has 0 saturated heterocycles. The average molecular weight is 305 g/mol. The van der Waals surface area contributed by atoms with Crippen LogP contribution in [0.5, 0.6) is 0 Å². The number of carbonyl (C=O) groups is 1. The summed E-state index contributed by atoms with van der Waals surface area (Å²) < 4.78 is 1.69. The first-order chi connectivity index (χ1) is 10.1. The van der Waals surface area contributed by atoms with E-state index < -0.39 is 0 Å². The second-order valence-electron chi connectivity index (χ2n) is 5.55. The smallest absolute Gasteiger partial charge is 0.226 e. The lowest BCUT2D eigenvalue weighted by Crippen LogP contribution is -2.48. The Morgan fingerprint density at radius 1 is 1.48 bits per heavy atom. The summed E-state index contributed by atoms with van der Waals surface area (Å²) in [7, 11) is 0. The first-order valence-electron chi connectivity index (χ1n) is 6.94. The lowest BCUT2D eigenvalue weighted by molar-refractivity contribution is -0.118. The maximum atomic E-state index is 12.2. The van der Waals surface area contributed by atoms with Gasteiger partial charge in [0.1, 0.15) is 0 Å². The van der Waals surface area contributed by atoms with E-state index in [-0.39, 0.29) is 11.4 Å². The topological polar surface area (TPSA) is 72.9 Å². The molecule has 6 heteroatoms. The summed E-state index contributed by atoms with van der Waals surface area (Å²) in [5.74, 6) is -0.0899. The van der Waals surface area contributed by atoms with Gasteiger partial charge in [-0.3, -0.25) is 4.79 Å². The number of halogens is 1. The van der Waals surface area contributed by atoms with E-state index in [0.29, 0.717) is 17.1 Å². The van der Waals surface area contributed by atoms with Gasteiger partial charge in [0.15, 0.2) is 0 Å². The third-order valence-corrected chi connectivity index (χ3v) is 4.08. The van der Waals surface area contributed by atoms with Crippen molar-refractivity contribution in [2.24, 2.45) is 5.73 Å². The average Bonchev–Trinajstić information content (AvgIpc) is 2.90. The summed E-state index contributed by atoms with van der Waals surface area (Å²) in [5.41, 5.74) is 7.19. The van der Waals surface area contributed by atoms with E-state index in [4.69, 9.17) is 17.3 Å². The third-order valence-electron chi connectivity index (χ3n) is 3.85. The van der Waals surface area contributed by atoms with E-state index in [9.17, 15) is 4.79 Å². The van der Waals surface area contributed by atoms with E-state index in [1.807, 2.05) is 18.3 Å². The molecule has 3 N–H and O–H groups in total. The van der Waals surface area contributed by atoms with Gasteiger partial charge in [0, 0.05) is 29.4 Å². The second-order valence-corrected chi connectivity index (χ2v) is 5.99. The van der Waals surface area contributed by atoms with Gasteiger partial charge >= 0.3 is 0 Å². The van der Waals surface area contributed by atoms with Crippen molar-refractivity contribution in [3.05, 3.63) is 41.7 Å². The highest BCUT2D eigenvalue weighted by Gasteiger charge is 2.34. The number of carbonyl (C=O) groups excluding carboxylic acids is 1. The van der Waals surface area contributed by atoms with Crippen LogP contribution in [0.2, 0.25) is 5.02 Å². The van der Waals surface area contributed by atoms with E-state index in [2.05, 4.69) is 10.4 Å². The Bertz CT molecular complexity index is 650. The van der Waals surface area contributed by atoms with Crippen molar-refractivity contribution in [1.29, 1.82) is 0 Å². The predicted molar refractivity (Wildman–Crippen MR) is 82.6 cm³/mol. The summed E-state index contributed by atoms with van der Waals surface area (Å²) in [6, 6.07) is 7.14. The number of hydrogen-bond donors (Lipinski definition) is 2. The normalized spacial score (nSPS) is 16.3. The first kappa shape index (κ1) is 14.1. The van der Waals surface area contributed by atoms with Crippen molar-refractivity contribution in [3.8, 4) is 5.69 Å². The molecule has 1 aromatic heterocycles. The fraction of sp³-hybridized carbons (Fsp3) is 0.333. The molecular formula is C15H17ClN4O. The molecule has 2 aromatic rings. The van der Waals surface area contributed by atoms with Gasteiger partial charge in [0.2, 0.25) is 5.91 Å². The van der Waals surface area contributed by atoms with Gasteiger partial charge in [0.05, 0.1) is 11.4 Å². The SMILES string of the molecule is NC1(CC(=O)Nc2cc(Cl)ccc2-n2cccn2)CCC1. The number of benzene rings is 1. The summed E-state index contributed by atoms with van der Waals surface area (Å²) in [4.78, 5) is 12.2. The van der Waals surface area contributed by atoms with Gasteiger partial charge < -0.3 is 11.1 Å². The molecule has 1 fully saturated rings. The second kappa shape index (κ2) is 5.50. The molecule has 0 aliphatic heterocycles. The zero-order valence-corrected chi connectivity index (χ0v) is 12.3. The van der Waals surface area contributed by atoms with Gasteiger partial charge in [-0.2, -0.15) is 5.10 Å². The summed E-state index contributed by atoms with van der Waals surface area (Å²) >= 11 is 6.03. The van der Waals surface area contributed by atoms with Gasteiger partial charge in [0.25, 0.3) is 0 Å². The highest BCUT2D eigenvalue weighted by molar-refractivity contribution is 6.31. The Hall–Kier alpha value is -1.85. The number of amides is 1. The van der Waals surface area contributed by atoms with Gasteiger partial charge in [-0.1, -0.05) is 11.6 Å². The Balaban J connectivity index is 1.81. The number of anilines is 1. The number of aromatic nitrogens is 2. The molecule has 21 heavy (non-hydrogen) atoms. The standard InChI is InChI=1S/C15H17ClN4O/c16-11-3-4-13(20-8-2-7-18-20)12(9-11)19-14(21)10-15(17)5-1-6-15/h2-4,7-9H,1,5-6,10,17H2,(H,19,21). The van der Waals surface area contributed by atoms with Crippen LogP contribution in [0.15, 0.2) is 36.7 Å². The van der Waals surface area contributed by atoms with Crippen LogP contribution in [-0.2, 0) is 4.79 Å². The quantitative estimate of drug-likeness (QED) is 0.912. The minimum atomic E-state index is -0.339.